The van der Waals surface area contributed by atoms with Gasteiger partial charge < -0.3 is 0 Å². The van der Waals surface area contributed by atoms with E-state index >= 15 is 0 Å². The third-order valence-electron chi connectivity index (χ3n) is 1.10. The Morgan fingerprint density at radius 3 is 2.09 bits per heavy atom. The zero-order valence-corrected chi connectivity index (χ0v) is 9.44. The van der Waals surface area contributed by atoms with Gasteiger partial charge in [0.2, 0.25) is 0 Å². The van der Waals surface area contributed by atoms with Crippen molar-refractivity contribution < 1.29 is 0 Å². The van der Waals surface area contributed by atoms with E-state index < -0.39 is 0 Å². The summed E-state index contributed by atoms with van der Waals surface area (Å²) in [5, 5.41) is 4.62. The van der Waals surface area contributed by atoms with Gasteiger partial charge in [0.15, 0.2) is 0 Å². The second kappa shape index (κ2) is 6.21. The number of rotatable bonds is 0. The first-order valence-corrected chi connectivity index (χ1v) is 5.97. The number of thioether (sulfide) groups is 2. The van der Waals surface area contributed by atoms with E-state index in [9.17, 15) is 0 Å². The number of nitrogens with one attached hydrogen (secondary N) is 1. The fraction of sp³-hybridized carbons (Fsp3) is 0.875. The first-order chi connectivity index (χ1) is 5.12. The van der Waals surface area contributed by atoms with Crippen molar-refractivity contribution in [3.63, 3.8) is 0 Å². The molecule has 0 amide bonds. The molecule has 1 saturated heterocycles. The van der Waals surface area contributed by atoms with Crippen LogP contribution in [0.1, 0.15) is 27.7 Å². The predicted molar refractivity (Wildman–Crippen MR) is 57.8 cm³/mol. The number of hydrogen-bond donors (Lipinski definition) is 1. The van der Waals surface area contributed by atoms with Crippen LogP contribution in [0.25, 0.3) is 0 Å². The quantitative estimate of drug-likeness (QED) is 0.634. The molecule has 0 spiro atoms. The average molecular weight is 192 g/mol. The molecule has 11 heavy (non-hydrogen) atoms. The van der Waals surface area contributed by atoms with Gasteiger partial charge in [0.25, 0.3) is 0 Å². The predicted octanol–water partition coefficient (Wildman–Crippen LogP) is 2.94. The Balaban J connectivity index is 0.000000292. The third kappa shape index (κ3) is 7.04. The molecule has 0 aromatic rings. The summed E-state index contributed by atoms with van der Waals surface area (Å²) >= 11 is 3.92. The van der Waals surface area contributed by atoms with Crippen LogP contribution in [-0.4, -0.2) is 15.8 Å². The van der Waals surface area contributed by atoms with Crippen molar-refractivity contribution in [2.45, 2.75) is 32.6 Å². The molecule has 0 bridgehead atoms. The second-order valence-electron chi connectivity index (χ2n) is 2.88. The van der Waals surface area contributed by atoms with E-state index in [4.69, 9.17) is 0 Å². The Morgan fingerprint density at radius 1 is 1.36 bits per heavy atom. The lowest BCUT2D eigenvalue weighted by Gasteiger charge is -2.29. The topological polar surface area (TPSA) is 12.0 Å². The molecule has 1 radical (unpaired) electrons. The summed E-state index contributed by atoms with van der Waals surface area (Å²) in [7, 11) is 0. The molecular formula is C8H18NS2. The molecule has 0 aromatic carbocycles. The van der Waals surface area contributed by atoms with E-state index in [0.717, 1.165) is 5.88 Å². The van der Waals surface area contributed by atoms with E-state index in [2.05, 4.69) is 19.2 Å². The maximum Gasteiger partial charge on any atom is 0.0602 e. The standard InChI is InChI=1S/C5H11NS2.C3H7/c1-5(2)6-3-7-4-8-5;1-3-2/h6H,3-4H2,1-2H3;3H,1-2H3. The minimum atomic E-state index is 0.325. The summed E-state index contributed by atoms with van der Waals surface area (Å²) in [6.07, 6.45) is 2.00. The highest BCUT2D eigenvalue weighted by Crippen LogP contribution is 2.29. The van der Waals surface area contributed by atoms with Gasteiger partial charge in [0, 0.05) is 11.0 Å². The summed E-state index contributed by atoms with van der Waals surface area (Å²) in [5.41, 5.74) is 0. The van der Waals surface area contributed by atoms with Gasteiger partial charge in [-0.3, -0.25) is 5.32 Å². The number of hydrogen-bond acceptors (Lipinski definition) is 3. The summed E-state index contributed by atoms with van der Waals surface area (Å²) in [6, 6.07) is 0. The fourth-order valence-corrected chi connectivity index (χ4v) is 3.08. The van der Waals surface area contributed by atoms with E-state index in [1.165, 1.54) is 5.08 Å². The first kappa shape index (κ1) is 11.7. The molecule has 1 aliphatic heterocycles. The first-order valence-electron chi connectivity index (χ1n) is 3.83. The van der Waals surface area contributed by atoms with Crippen LogP contribution < -0.4 is 5.32 Å². The molecule has 1 aliphatic rings. The highest BCUT2D eigenvalue weighted by molar-refractivity contribution is 8.17. The Morgan fingerprint density at radius 2 is 1.91 bits per heavy atom. The summed E-state index contributed by atoms with van der Waals surface area (Å²) < 4.78 is 0. The Kier molecular flexibility index (Phi) is 6.58. The van der Waals surface area contributed by atoms with E-state index in [-0.39, 0.29) is 0 Å². The van der Waals surface area contributed by atoms with Crippen molar-refractivity contribution in [2.24, 2.45) is 0 Å². The van der Waals surface area contributed by atoms with Crippen LogP contribution in [0.2, 0.25) is 0 Å². The zero-order chi connectivity index (χ0) is 8.74. The molecule has 1 N–H and O–H groups in total. The molecule has 0 atom stereocenters. The van der Waals surface area contributed by atoms with Crippen LogP contribution in [0.4, 0.5) is 0 Å². The van der Waals surface area contributed by atoms with Crippen LogP contribution >= 0.6 is 23.5 Å². The maximum absolute atomic E-state index is 3.38. The highest BCUT2D eigenvalue weighted by atomic mass is 32.2. The molecule has 0 saturated carbocycles. The lowest BCUT2D eigenvalue weighted by atomic mass is 10.4. The molecular weight excluding hydrogens is 174 g/mol. The van der Waals surface area contributed by atoms with Gasteiger partial charge in [-0.2, -0.15) is 0 Å². The molecule has 1 fully saturated rings. The van der Waals surface area contributed by atoms with Gasteiger partial charge in [0.1, 0.15) is 0 Å². The van der Waals surface area contributed by atoms with Crippen molar-refractivity contribution >= 4 is 23.5 Å². The van der Waals surface area contributed by atoms with Crippen LogP contribution in [0, 0.1) is 6.42 Å². The second-order valence-corrected chi connectivity index (χ2v) is 5.82. The molecule has 1 rings (SSSR count). The van der Waals surface area contributed by atoms with Crippen molar-refractivity contribution in [1.29, 1.82) is 0 Å². The zero-order valence-electron chi connectivity index (χ0n) is 7.81. The van der Waals surface area contributed by atoms with Crippen molar-refractivity contribution in [1.82, 2.24) is 5.32 Å². The Bertz CT molecular complexity index is 86.1. The molecule has 1 nitrogen and oxygen atoms in total. The minimum Gasteiger partial charge on any atom is -0.294 e. The average Bonchev–Trinajstić information content (AvgIpc) is 1.88. The van der Waals surface area contributed by atoms with Gasteiger partial charge in [-0.15, -0.1) is 23.5 Å². The minimum absolute atomic E-state index is 0.325. The van der Waals surface area contributed by atoms with Gasteiger partial charge >= 0.3 is 0 Å². The maximum atomic E-state index is 3.38. The van der Waals surface area contributed by atoms with Crippen molar-refractivity contribution in [2.75, 3.05) is 11.0 Å². The van der Waals surface area contributed by atoms with Crippen LogP contribution in [-0.2, 0) is 0 Å². The van der Waals surface area contributed by atoms with E-state index in [1.807, 2.05) is 43.8 Å². The fourth-order valence-electron chi connectivity index (χ4n) is 0.507. The third-order valence-corrected chi connectivity index (χ3v) is 3.46. The van der Waals surface area contributed by atoms with Crippen LogP contribution in [0.5, 0.6) is 0 Å². The Labute approximate surface area is 79.1 Å². The largest absolute Gasteiger partial charge is 0.294 e. The molecule has 0 aromatic heterocycles. The van der Waals surface area contributed by atoms with E-state index in [1.54, 1.807) is 0 Å². The molecule has 67 valence electrons. The monoisotopic (exact) mass is 192 g/mol. The summed E-state index contributed by atoms with van der Waals surface area (Å²) in [5.74, 6) is 1.11. The lowest BCUT2D eigenvalue weighted by Crippen LogP contribution is -2.38. The summed E-state index contributed by atoms with van der Waals surface area (Å²) in [4.78, 5) is 0.325. The van der Waals surface area contributed by atoms with Gasteiger partial charge in [0.05, 0.1) is 4.87 Å². The van der Waals surface area contributed by atoms with Crippen LogP contribution in [0.3, 0.4) is 0 Å². The van der Waals surface area contributed by atoms with Gasteiger partial charge in [-0.1, -0.05) is 13.8 Å². The van der Waals surface area contributed by atoms with Gasteiger partial charge in [-0.25, -0.2) is 0 Å². The molecule has 3 heteroatoms. The molecule has 0 unspecified atom stereocenters. The van der Waals surface area contributed by atoms with Crippen molar-refractivity contribution in [3.05, 3.63) is 6.42 Å². The van der Waals surface area contributed by atoms with Crippen LogP contribution in [0.15, 0.2) is 0 Å². The SMILES string of the molecule is CC1(C)NCSCS1.C[CH]C. The molecule has 0 aliphatic carbocycles. The smallest absolute Gasteiger partial charge is 0.0602 e. The van der Waals surface area contributed by atoms with Gasteiger partial charge in [-0.05, 0) is 20.3 Å². The Hall–Kier alpha value is 0.660. The van der Waals surface area contributed by atoms with Crippen molar-refractivity contribution in [3.8, 4) is 0 Å². The molecule has 1 heterocycles. The van der Waals surface area contributed by atoms with E-state index in [0.29, 0.717) is 4.87 Å². The lowest BCUT2D eigenvalue weighted by molar-refractivity contribution is 0.595. The highest BCUT2D eigenvalue weighted by Gasteiger charge is 2.19. The summed E-state index contributed by atoms with van der Waals surface area (Å²) in [6.45, 7) is 8.44. The normalized spacial score (nSPS) is 21.8.